The van der Waals surface area contributed by atoms with Gasteiger partial charge in [0.15, 0.2) is 11.6 Å². The molecule has 0 saturated carbocycles. The molecule has 4 heteroatoms. The normalized spacial score (nSPS) is 10.8. The molecule has 1 aromatic carbocycles. The van der Waals surface area contributed by atoms with Crippen molar-refractivity contribution in [2.75, 3.05) is 0 Å². The number of halogens is 1. The number of nitrogens with one attached hydrogen (secondary N) is 1. The fourth-order valence-electron chi connectivity index (χ4n) is 1.82. The molecule has 0 aliphatic carbocycles. The molecule has 2 rings (SSSR count). The molecular weight excluding hydrogens is 255 g/mol. The zero-order chi connectivity index (χ0) is 14.5. The van der Waals surface area contributed by atoms with E-state index in [9.17, 15) is 4.39 Å². The first kappa shape index (κ1) is 14.5. The topological polar surface area (TPSA) is 34.1 Å². The molecule has 0 aliphatic rings. The van der Waals surface area contributed by atoms with Crippen LogP contribution in [0.2, 0.25) is 0 Å². The number of rotatable bonds is 5. The molecule has 0 radical (unpaired) electrons. The average molecular weight is 274 g/mol. The van der Waals surface area contributed by atoms with Crippen molar-refractivity contribution in [3.63, 3.8) is 0 Å². The zero-order valence-corrected chi connectivity index (χ0v) is 12.0. The lowest BCUT2D eigenvalue weighted by Gasteiger charge is -2.11. The predicted octanol–water partition coefficient (Wildman–Crippen LogP) is 3.82. The van der Waals surface area contributed by atoms with Crippen LogP contribution < -0.4 is 10.1 Å². The van der Waals surface area contributed by atoms with Crippen LogP contribution in [-0.2, 0) is 6.54 Å². The molecule has 106 valence electrons. The smallest absolute Gasteiger partial charge is 0.219 e. The summed E-state index contributed by atoms with van der Waals surface area (Å²) in [6.07, 6.45) is 0. The molecule has 0 spiro atoms. The fourth-order valence-corrected chi connectivity index (χ4v) is 1.82. The highest BCUT2D eigenvalue weighted by Crippen LogP contribution is 2.23. The number of aryl methyl sites for hydroxylation is 1. The Balaban J connectivity index is 2.17. The number of hydrogen-bond donors (Lipinski definition) is 1. The Morgan fingerprint density at radius 1 is 1.25 bits per heavy atom. The van der Waals surface area contributed by atoms with E-state index in [2.05, 4.69) is 24.1 Å². The minimum atomic E-state index is -0.391. The Labute approximate surface area is 118 Å². The molecule has 3 nitrogen and oxygen atoms in total. The van der Waals surface area contributed by atoms with Gasteiger partial charge in [0.1, 0.15) is 0 Å². The first-order chi connectivity index (χ1) is 9.54. The zero-order valence-electron chi connectivity index (χ0n) is 12.0. The van der Waals surface area contributed by atoms with Gasteiger partial charge in [0.05, 0.1) is 0 Å². The highest BCUT2D eigenvalue weighted by Gasteiger charge is 2.07. The predicted molar refractivity (Wildman–Crippen MR) is 77.4 cm³/mol. The van der Waals surface area contributed by atoms with Gasteiger partial charge in [-0.05, 0) is 30.7 Å². The monoisotopic (exact) mass is 274 g/mol. The highest BCUT2D eigenvalue weighted by atomic mass is 19.1. The third-order valence-corrected chi connectivity index (χ3v) is 2.76. The maximum Gasteiger partial charge on any atom is 0.219 e. The Bertz CT molecular complexity index is 584. The Kier molecular flexibility index (Phi) is 4.69. The molecule has 1 aromatic heterocycles. The van der Waals surface area contributed by atoms with E-state index in [4.69, 9.17) is 4.74 Å². The van der Waals surface area contributed by atoms with Gasteiger partial charge in [-0.2, -0.15) is 0 Å². The number of para-hydroxylation sites is 1. The first-order valence-corrected chi connectivity index (χ1v) is 6.68. The van der Waals surface area contributed by atoms with E-state index in [1.165, 1.54) is 6.07 Å². The van der Waals surface area contributed by atoms with E-state index in [1.807, 2.05) is 19.1 Å². The van der Waals surface area contributed by atoms with Gasteiger partial charge in [0.2, 0.25) is 5.88 Å². The summed E-state index contributed by atoms with van der Waals surface area (Å²) in [6, 6.07) is 10.5. The van der Waals surface area contributed by atoms with Gasteiger partial charge in [0.25, 0.3) is 0 Å². The maximum absolute atomic E-state index is 13.6. The molecule has 1 heterocycles. The van der Waals surface area contributed by atoms with Gasteiger partial charge in [-0.3, -0.25) is 0 Å². The van der Waals surface area contributed by atoms with E-state index in [1.54, 1.807) is 18.2 Å². The molecule has 0 unspecified atom stereocenters. The maximum atomic E-state index is 13.6. The van der Waals surface area contributed by atoms with Crippen molar-refractivity contribution >= 4 is 0 Å². The standard InChI is InChI=1S/C16H19FN2O/c1-11(2)18-10-13-8-12(3)19-16(9-13)20-15-7-5-4-6-14(15)17/h4-9,11,18H,10H2,1-3H3. The van der Waals surface area contributed by atoms with Crippen molar-refractivity contribution in [3.05, 3.63) is 53.5 Å². The largest absolute Gasteiger partial charge is 0.436 e. The SMILES string of the molecule is Cc1cc(CNC(C)C)cc(Oc2ccccc2F)n1. The third kappa shape index (κ3) is 4.03. The van der Waals surface area contributed by atoms with Crippen LogP contribution in [0.15, 0.2) is 36.4 Å². The molecule has 0 aliphatic heterocycles. The number of pyridine rings is 1. The molecule has 0 amide bonds. The highest BCUT2D eigenvalue weighted by molar-refractivity contribution is 5.31. The molecule has 0 fully saturated rings. The van der Waals surface area contributed by atoms with E-state index < -0.39 is 5.82 Å². The van der Waals surface area contributed by atoms with Crippen LogP contribution in [0.3, 0.4) is 0 Å². The minimum Gasteiger partial charge on any atom is -0.436 e. The lowest BCUT2D eigenvalue weighted by molar-refractivity contribution is 0.425. The average Bonchev–Trinajstić information content (AvgIpc) is 2.38. The summed E-state index contributed by atoms with van der Waals surface area (Å²) in [5, 5.41) is 3.33. The molecule has 0 saturated heterocycles. The van der Waals surface area contributed by atoms with Crippen molar-refractivity contribution in [2.24, 2.45) is 0 Å². The van der Waals surface area contributed by atoms with Gasteiger partial charge < -0.3 is 10.1 Å². The summed E-state index contributed by atoms with van der Waals surface area (Å²) >= 11 is 0. The van der Waals surface area contributed by atoms with Crippen LogP contribution >= 0.6 is 0 Å². The van der Waals surface area contributed by atoms with Crippen LogP contribution in [0.4, 0.5) is 4.39 Å². The van der Waals surface area contributed by atoms with E-state index in [0.29, 0.717) is 11.9 Å². The second kappa shape index (κ2) is 6.48. The van der Waals surface area contributed by atoms with Crippen molar-refractivity contribution < 1.29 is 9.13 Å². The summed E-state index contributed by atoms with van der Waals surface area (Å²) < 4.78 is 19.1. The van der Waals surface area contributed by atoms with Gasteiger partial charge in [-0.25, -0.2) is 9.37 Å². The summed E-state index contributed by atoms with van der Waals surface area (Å²) in [4.78, 5) is 4.28. The van der Waals surface area contributed by atoms with Crippen LogP contribution in [0.1, 0.15) is 25.1 Å². The van der Waals surface area contributed by atoms with Crippen molar-refractivity contribution in [3.8, 4) is 11.6 Å². The molecular formula is C16H19FN2O. The molecule has 0 bridgehead atoms. The Morgan fingerprint density at radius 2 is 2.00 bits per heavy atom. The van der Waals surface area contributed by atoms with Crippen molar-refractivity contribution in [1.82, 2.24) is 10.3 Å². The lowest BCUT2D eigenvalue weighted by Crippen LogP contribution is -2.21. The molecule has 1 N–H and O–H groups in total. The number of hydrogen-bond acceptors (Lipinski definition) is 3. The number of benzene rings is 1. The van der Waals surface area contributed by atoms with E-state index in [-0.39, 0.29) is 5.75 Å². The molecule has 0 atom stereocenters. The fraction of sp³-hybridized carbons (Fsp3) is 0.312. The Morgan fingerprint density at radius 3 is 2.70 bits per heavy atom. The summed E-state index contributed by atoms with van der Waals surface area (Å²) in [5.74, 6) is 0.210. The van der Waals surface area contributed by atoms with Crippen LogP contribution in [0.5, 0.6) is 11.6 Å². The second-order valence-corrected chi connectivity index (χ2v) is 5.02. The van der Waals surface area contributed by atoms with Gasteiger partial charge in [-0.1, -0.05) is 26.0 Å². The lowest BCUT2D eigenvalue weighted by atomic mass is 10.2. The van der Waals surface area contributed by atoms with E-state index >= 15 is 0 Å². The quantitative estimate of drug-likeness (QED) is 0.900. The van der Waals surface area contributed by atoms with Crippen LogP contribution in [-0.4, -0.2) is 11.0 Å². The Hall–Kier alpha value is -1.94. The number of nitrogens with zero attached hydrogens (tertiary/aromatic N) is 1. The third-order valence-electron chi connectivity index (χ3n) is 2.76. The summed E-state index contributed by atoms with van der Waals surface area (Å²) in [7, 11) is 0. The van der Waals surface area contributed by atoms with Crippen LogP contribution in [0, 0.1) is 12.7 Å². The van der Waals surface area contributed by atoms with Crippen molar-refractivity contribution in [2.45, 2.75) is 33.4 Å². The number of aromatic nitrogens is 1. The molecule has 20 heavy (non-hydrogen) atoms. The summed E-state index contributed by atoms with van der Waals surface area (Å²) in [6.45, 7) is 6.80. The van der Waals surface area contributed by atoms with Gasteiger partial charge in [-0.15, -0.1) is 0 Å². The summed E-state index contributed by atoms with van der Waals surface area (Å²) in [5.41, 5.74) is 1.91. The first-order valence-electron chi connectivity index (χ1n) is 6.68. The molecule has 2 aromatic rings. The second-order valence-electron chi connectivity index (χ2n) is 5.02. The van der Waals surface area contributed by atoms with Crippen LogP contribution in [0.25, 0.3) is 0 Å². The number of ether oxygens (including phenoxy) is 1. The van der Waals surface area contributed by atoms with E-state index in [0.717, 1.165) is 17.8 Å². The van der Waals surface area contributed by atoms with Gasteiger partial charge >= 0.3 is 0 Å². The van der Waals surface area contributed by atoms with Gasteiger partial charge in [0, 0.05) is 24.3 Å². The minimum absolute atomic E-state index is 0.188. The van der Waals surface area contributed by atoms with Crippen molar-refractivity contribution in [1.29, 1.82) is 0 Å².